The number of nitro groups is 1. The van der Waals surface area contributed by atoms with Crippen LogP contribution in [0.3, 0.4) is 0 Å². The highest BCUT2D eigenvalue weighted by molar-refractivity contribution is 5.68. The number of ether oxygens (including phenoxy) is 1. The van der Waals surface area contributed by atoms with Gasteiger partial charge in [-0.3, -0.25) is 15.0 Å². The van der Waals surface area contributed by atoms with E-state index in [4.69, 9.17) is 4.74 Å². The molecule has 7 nitrogen and oxygen atoms in total. The first kappa shape index (κ1) is 18.1. The first-order valence-corrected chi connectivity index (χ1v) is 7.79. The highest BCUT2D eigenvalue weighted by Gasteiger charge is 2.26. The van der Waals surface area contributed by atoms with Gasteiger partial charge in [0.05, 0.1) is 4.92 Å². The van der Waals surface area contributed by atoms with Crippen LogP contribution in [0.1, 0.15) is 26.3 Å². The average molecular weight is 339 g/mol. The smallest absolute Gasteiger partial charge is 0.410 e. The summed E-state index contributed by atoms with van der Waals surface area (Å²) in [6, 6.07) is 3.93. The second-order valence-corrected chi connectivity index (χ2v) is 6.79. The van der Waals surface area contributed by atoms with Crippen molar-refractivity contribution in [1.29, 1.82) is 0 Å². The molecule has 1 saturated heterocycles. The van der Waals surface area contributed by atoms with E-state index in [9.17, 15) is 19.3 Å². The molecule has 0 unspecified atom stereocenters. The van der Waals surface area contributed by atoms with Crippen LogP contribution >= 0.6 is 0 Å². The van der Waals surface area contributed by atoms with E-state index in [2.05, 4.69) is 4.90 Å². The Morgan fingerprint density at radius 1 is 1.29 bits per heavy atom. The average Bonchev–Trinajstić information content (AvgIpc) is 2.45. The summed E-state index contributed by atoms with van der Waals surface area (Å²) >= 11 is 0. The lowest BCUT2D eigenvalue weighted by Gasteiger charge is -2.35. The van der Waals surface area contributed by atoms with Gasteiger partial charge in [-0.25, -0.2) is 4.79 Å². The van der Waals surface area contributed by atoms with E-state index in [0.29, 0.717) is 38.3 Å². The fourth-order valence-corrected chi connectivity index (χ4v) is 2.47. The van der Waals surface area contributed by atoms with Gasteiger partial charge in [-0.2, -0.15) is 4.39 Å². The predicted octanol–water partition coefficient (Wildman–Crippen LogP) is 2.79. The Hall–Kier alpha value is -2.22. The number of amides is 1. The third kappa shape index (κ3) is 4.89. The van der Waals surface area contributed by atoms with Gasteiger partial charge in [0, 0.05) is 38.8 Å². The Kier molecular flexibility index (Phi) is 5.38. The van der Waals surface area contributed by atoms with E-state index in [1.54, 1.807) is 11.0 Å². The van der Waals surface area contributed by atoms with Crippen molar-refractivity contribution in [3.63, 3.8) is 0 Å². The number of piperazine rings is 1. The normalized spacial score (nSPS) is 16.1. The van der Waals surface area contributed by atoms with Gasteiger partial charge in [0.15, 0.2) is 0 Å². The summed E-state index contributed by atoms with van der Waals surface area (Å²) in [5.74, 6) is -0.829. The van der Waals surface area contributed by atoms with Crippen molar-refractivity contribution in [1.82, 2.24) is 9.80 Å². The molecular formula is C16H22FN3O4. The van der Waals surface area contributed by atoms with E-state index in [0.717, 1.165) is 0 Å². The molecule has 132 valence electrons. The van der Waals surface area contributed by atoms with Crippen LogP contribution < -0.4 is 0 Å². The standard InChI is InChI=1S/C16H22FN3O4/c1-16(2,3)24-15(21)19-8-6-18(7-9-19)11-12-4-5-14(20(22)23)13(17)10-12/h4-5,10H,6-9,11H2,1-3H3. The highest BCUT2D eigenvalue weighted by atomic mass is 19.1. The van der Waals surface area contributed by atoms with Gasteiger partial charge >= 0.3 is 11.8 Å². The molecule has 1 amide bonds. The summed E-state index contributed by atoms with van der Waals surface area (Å²) in [4.78, 5) is 25.6. The molecule has 0 bridgehead atoms. The number of nitro benzene ring substituents is 1. The zero-order valence-corrected chi connectivity index (χ0v) is 14.1. The van der Waals surface area contributed by atoms with Gasteiger partial charge in [-0.15, -0.1) is 0 Å². The minimum atomic E-state index is -0.829. The first-order chi connectivity index (χ1) is 11.2. The molecule has 1 aromatic rings. The van der Waals surface area contributed by atoms with Crippen LogP contribution in [0.25, 0.3) is 0 Å². The number of hydrogen-bond acceptors (Lipinski definition) is 5. The second-order valence-electron chi connectivity index (χ2n) is 6.79. The third-order valence-electron chi connectivity index (χ3n) is 3.64. The number of benzene rings is 1. The van der Waals surface area contributed by atoms with Crippen molar-refractivity contribution in [3.05, 3.63) is 39.7 Å². The molecule has 2 rings (SSSR count). The van der Waals surface area contributed by atoms with Crippen LogP contribution in [0, 0.1) is 15.9 Å². The van der Waals surface area contributed by atoms with Crippen molar-refractivity contribution < 1.29 is 18.8 Å². The quantitative estimate of drug-likeness (QED) is 0.625. The molecule has 0 N–H and O–H groups in total. The van der Waals surface area contributed by atoms with Gasteiger partial charge in [0.1, 0.15) is 5.60 Å². The molecule has 1 fully saturated rings. The van der Waals surface area contributed by atoms with E-state index in [1.165, 1.54) is 12.1 Å². The molecule has 0 atom stereocenters. The van der Waals surface area contributed by atoms with E-state index < -0.39 is 22.0 Å². The number of hydrogen-bond donors (Lipinski definition) is 0. The summed E-state index contributed by atoms with van der Waals surface area (Å²) in [6.07, 6.45) is -0.330. The number of carbonyl (C=O) groups is 1. The van der Waals surface area contributed by atoms with Crippen molar-refractivity contribution in [2.45, 2.75) is 32.9 Å². The van der Waals surface area contributed by atoms with E-state index >= 15 is 0 Å². The topological polar surface area (TPSA) is 75.9 Å². The van der Waals surface area contributed by atoms with Crippen LogP contribution in [-0.4, -0.2) is 52.6 Å². The zero-order valence-electron chi connectivity index (χ0n) is 14.1. The molecule has 1 heterocycles. The molecule has 24 heavy (non-hydrogen) atoms. The van der Waals surface area contributed by atoms with Gasteiger partial charge in [0.25, 0.3) is 0 Å². The number of nitrogens with zero attached hydrogens (tertiary/aromatic N) is 3. The monoisotopic (exact) mass is 339 g/mol. The fourth-order valence-electron chi connectivity index (χ4n) is 2.47. The maximum absolute atomic E-state index is 13.7. The van der Waals surface area contributed by atoms with Crippen LogP contribution in [0.4, 0.5) is 14.9 Å². The lowest BCUT2D eigenvalue weighted by atomic mass is 10.1. The summed E-state index contributed by atoms with van der Waals surface area (Å²) in [5.41, 5.74) is -0.373. The van der Waals surface area contributed by atoms with Crippen LogP contribution in [0.2, 0.25) is 0 Å². The van der Waals surface area contributed by atoms with E-state index in [1.807, 2.05) is 20.8 Å². The maximum Gasteiger partial charge on any atom is 0.410 e. The van der Waals surface area contributed by atoms with Crippen molar-refractivity contribution >= 4 is 11.8 Å². The second kappa shape index (κ2) is 7.12. The molecule has 1 aliphatic heterocycles. The van der Waals surface area contributed by atoms with Gasteiger partial charge < -0.3 is 9.64 Å². The molecular weight excluding hydrogens is 317 g/mol. The van der Waals surface area contributed by atoms with Crippen molar-refractivity contribution in [3.8, 4) is 0 Å². The molecule has 0 aliphatic carbocycles. The molecule has 8 heteroatoms. The Bertz CT molecular complexity index is 622. The first-order valence-electron chi connectivity index (χ1n) is 7.79. The Balaban J connectivity index is 1.88. The van der Waals surface area contributed by atoms with Crippen LogP contribution in [0.15, 0.2) is 18.2 Å². The highest BCUT2D eigenvalue weighted by Crippen LogP contribution is 2.19. The lowest BCUT2D eigenvalue weighted by Crippen LogP contribution is -2.49. The maximum atomic E-state index is 13.7. The third-order valence-corrected chi connectivity index (χ3v) is 3.64. The minimum Gasteiger partial charge on any atom is -0.444 e. The zero-order chi connectivity index (χ0) is 17.9. The van der Waals surface area contributed by atoms with Crippen molar-refractivity contribution in [2.24, 2.45) is 0 Å². The summed E-state index contributed by atoms with van der Waals surface area (Å²) in [6.45, 7) is 8.29. The Morgan fingerprint density at radius 3 is 2.42 bits per heavy atom. The lowest BCUT2D eigenvalue weighted by molar-refractivity contribution is -0.387. The molecule has 0 aromatic heterocycles. The van der Waals surface area contributed by atoms with Gasteiger partial charge in [-0.05, 0) is 32.4 Å². The van der Waals surface area contributed by atoms with Crippen LogP contribution in [-0.2, 0) is 11.3 Å². The molecule has 1 aromatic carbocycles. The van der Waals surface area contributed by atoms with Crippen LogP contribution in [0.5, 0.6) is 0 Å². The molecule has 0 radical (unpaired) electrons. The van der Waals surface area contributed by atoms with Gasteiger partial charge in [0.2, 0.25) is 5.82 Å². The molecule has 1 aliphatic rings. The predicted molar refractivity (Wildman–Crippen MR) is 86.1 cm³/mol. The number of carbonyl (C=O) groups excluding carboxylic acids is 1. The molecule has 0 saturated carbocycles. The number of halogens is 1. The largest absolute Gasteiger partial charge is 0.444 e. The fraction of sp³-hybridized carbons (Fsp3) is 0.562. The van der Waals surface area contributed by atoms with Gasteiger partial charge in [-0.1, -0.05) is 6.07 Å². The summed E-state index contributed by atoms with van der Waals surface area (Å²) < 4.78 is 19.0. The summed E-state index contributed by atoms with van der Waals surface area (Å²) in [5, 5.41) is 10.6. The Labute approximate surface area is 140 Å². The number of rotatable bonds is 3. The van der Waals surface area contributed by atoms with Crippen molar-refractivity contribution in [2.75, 3.05) is 26.2 Å². The Morgan fingerprint density at radius 2 is 1.92 bits per heavy atom. The van der Waals surface area contributed by atoms with E-state index in [-0.39, 0.29) is 6.09 Å². The summed E-state index contributed by atoms with van der Waals surface area (Å²) in [7, 11) is 0. The molecule has 0 spiro atoms. The minimum absolute atomic E-state index is 0.330. The SMILES string of the molecule is CC(C)(C)OC(=O)N1CCN(Cc2ccc([N+](=O)[O-])c(F)c2)CC1.